The van der Waals surface area contributed by atoms with Gasteiger partial charge in [0.2, 0.25) is 0 Å². The number of nitrogens with zero attached hydrogens (tertiary/aromatic N) is 1. The van der Waals surface area contributed by atoms with E-state index >= 15 is 0 Å². The maximum atomic E-state index is 12.2. The van der Waals surface area contributed by atoms with E-state index in [2.05, 4.69) is 0 Å². The van der Waals surface area contributed by atoms with Crippen molar-refractivity contribution in [3.63, 3.8) is 0 Å². The fourth-order valence-corrected chi connectivity index (χ4v) is 2.19. The van der Waals surface area contributed by atoms with Crippen LogP contribution in [-0.4, -0.2) is 29.8 Å². The second-order valence-electron chi connectivity index (χ2n) is 5.03. The number of rotatable bonds is 8. The van der Waals surface area contributed by atoms with Gasteiger partial charge in [-0.25, -0.2) is 0 Å². The monoisotopic (exact) mass is 303 g/mol. The molecule has 118 valence electrons. The Balaban J connectivity index is 2.65. The van der Waals surface area contributed by atoms with Crippen molar-refractivity contribution in [3.8, 4) is 0 Å². The Labute approximate surface area is 122 Å². The van der Waals surface area contributed by atoms with Crippen molar-refractivity contribution >= 4 is 11.7 Å². The first-order valence-electron chi connectivity index (χ1n) is 6.90. The molecule has 0 aliphatic carbocycles. The largest absolute Gasteiger partial charge is 0.481 e. The average molecular weight is 303 g/mol. The summed E-state index contributed by atoms with van der Waals surface area (Å²) in [6.07, 6.45) is -4.58. The molecule has 21 heavy (non-hydrogen) atoms. The first-order valence-corrected chi connectivity index (χ1v) is 6.90. The summed E-state index contributed by atoms with van der Waals surface area (Å²) < 4.78 is 36.6. The van der Waals surface area contributed by atoms with E-state index in [1.165, 1.54) is 0 Å². The van der Waals surface area contributed by atoms with Crippen LogP contribution in [0.1, 0.15) is 32.6 Å². The van der Waals surface area contributed by atoms with E-state index in [1.54, 1.807) is 0 Å². The van der Waals surface area contributed by atoms with E-state index < -0.39 is 18.6 Å². The molecule has 0 fully saturated rings. The van der Waals surface area contributed by atoms with Gasteiger partial charge >= 0.3 is 12.1 Å². The number of anilines is 1. The Hall–Kier alpha value is -1.72. The number of aliphatic carboxylic acids is 1. The molecule has 1 aromatic rings. The van der Waals surface area contributed by atoms with Gasteiger partial charge < -0.3 is 10.0 Å². The molecule has 0 spiro atoms. The fourth-order valence-electron chi connectivity index (χ4n) is 2.19. The van der Waals surface area contributed by atoms with Crippen molar-refractivity contribution < 1.29 is 23.1 Å². The summed E-state index contributed by atoms with van der Waals surface area (Å²) in [5, 5.41) is 8.80. The highest BCUT2D eigenvalue weighted by molar-refractivity contribution is 5.67. The molecular weight excluding hydrogens is 283 g/mol. The zero-order valence-electron chi connectivity index (χ0n) is 11.9. The predicted octanol–water partition coefficient (Wildman–Crippen LogP) is 4.09. The van der Waals surface area contributed by atoms with Gasteiger partial charge in [-0.1, -0.05) is 18.2 Å². The molecule has 6 heteroatoms. The minimum atomic E-state index is -4.14. The third-order valence-electron chi connectivity index (χ3n) is 3.27. The normalized spacial score (nSPS) is 13.0. The number of halogens is 3. The summed E-state index contributed by atoms with van der Waals surface area (Å²) in [7, 11) is 0. The van der Waals surface area contributed by atoms with Crippen molar-refractivity contribution in [2.75, 3.05) is 11.4 Å². The SMILES string of the molecule is CC(CCCC(F)(F)F)N(CCC(=O)O)c1ccccc1. The first kappa shape index (κ1) is 17.3. The molecular formula is C15H20F3NO2. The summed E-state index contributed by atoms with van der Waals surface area (Å²) in [5.41, 5.74) is 0.832. The van der Waals surface area contributed by atoms with Gasteiger partial charge in [0.15, 0.2) is 0 Å². The Morgan fingerprint density at radius 2 is 1.90 bits per heavy atom. The Morgan fingerprint density at radius 3 is 2.43 bits per heavy atom. The summed E-state index contributed by atoms with van der Waals surface area (Å²) in [4.78, 5) is 12.6. The Morgan fingerprint density at radius 1 is 1.29 bits per heavy atom. The first-order chi connectivity index (χ1) is 9.79. The van der Waals surface area contributed by atoms with Gasteiger partial charge in [0.1, 0.15) is 0 Å². The van der Waals surface area contributed by atoms with Crippen molar-refractivity contribution in [1.82, 2.24) is 0 Å². The highest BCUT2D eigenvalue weighted by atomic mass is 19.4. The van der Waals surface area contributed by atoms with Gasteiger partial charge in [0.25, 0.3) is 0 Å². The van der Waals surface area contributed by atoms with Crippen LogP contribution >= 0.6 is 0 Å². The van der Waals surface area contributed by atoms with E-state index in [4.69, 9.17) is 5.11 Å². The lowest BCUT2D eigenvalue weighted by molar-refractivity contribution is -0.137. The number of benzene rings is 1. The van der Waals surface area contributed by atoms with Crippen molar-refractivity contribution in [2.45, 2.75) is 44.8 Å². The summed E-state index contributed by atoms with van der Waals surface area (Å²) in [6.45, 7) is 2.11. The topological polar surface area (TPSA) is 40.5 Å². The molecule has 0 aliphatic rings. The van der Waals surface area contributed by atoms with E-state index in [1.807, 2.05) is 42.2 Å². The van der Waals surface area contributed by atoms with Crippen molar-refractivity contribution in [3.05, 3.63) is 30.3 Å². The summed E-state index contributed by atoms with van der Waals surface area (Å²) in [6, 6.07) is 9.02. The molecule has 1 rings (SSSR count). The standard InChI is InChI=1S/C15H20F3NO2/c1-12(6-5-10-15(16,17)18)19(11-9-14(20)21)13-7-3-2-4-8-13/h2-4,7-8,12H,5-6,9-11H2,1H3,(H,20,21). The Bertz CT molecular complexity index is 434. The maximum absolute atomic E-state index is 12.2. The highest BCUT2D eigenvalue weighted by Crippen LogP contribution is 2.25. The van der Waals surface area contributed by atoms with Crippen LogP contribution in [0.3, 0.4) is 0 Å². The zero-order chi connectivity index (χ0) is 15.9. The lowest BCUT2D eigenvalue weighted by atomic mass is 10.1. The molecule has 1 N–H and O–H groups in total. The minimum Gasteiger partial charge on any atom is -0.481 e. The third-order valence-corrected chi connectivity index (χ3v) is 3.27. The number of carboxylic acids is 1. The number of carboxylic acid groups (broad SMARTS) is 1. The van der Waals surface area contributed by atoms with Gasteiger partial charge in [-0.15, -0.1) is 0 Å². The molecule has 1 atom stereocenters. The molecule has 0 aliphatic heterocycles. The van der Waals surface area contributed by atoms with Gasteiger partial charge in [0, 0.05) is 24.7 Å². The van der Waals surface area contributed by atoms with Gasteiger partial charge in [-0.3, -0.25) is 4.79 Å². The molecule has 1 aromatic carbocycles. The second-order valence-corrected chi connectivity index (χ2v) is 5.03. The minimum absolute atomic E-state index is 0.0427. The quantitative estimate of drug-likeness (QED) is 0.786. The molecule has 0 aromatic heterocycles. The average Bonchev–Trinajstić information content (AvgIpc) is 2.38. The number of alkyl halides is 3. The van der Waals surface area contributed by atoms with Crippen LogP contribution in [0.4, 0.5) is 18.9 Å². The van der Waals surface area contributed by atoms with Gasteiger partial charge in [-0.2, -0.15) is 13.2 Å². The molecule has 0 bridgehead atoms. The molecule has 0 saturated carbocycles. The molecule has 3 nitrogen and oxygen atoms in total. The van der Waals surface area contributed by atoms with Crippen LogP contribution in [0, 0.1) is 0 Å². The third kappa shape index (κ3) is 7.02. The van der Waals surface area contributed by atoms with Crippen LogP contribution in [-0.2, 0) is 4.79 Å². The number of hydrogen-bond donors (Lipinski definition) is 1. The lowest BCUT2D eigenvalue weighted by Crippen LogP contribution is -2.35. The lowest BCUT2D eigenvalue weighted by Gasteiger charge is -2.31. The molecule has 1 unspecified atom stereocenters. The number of carbonyl (C=O) groups is 1. The smallest absolute Gasteiger partial charge is 0.389 e. The van der Waals surface area contributed by atoms with E-state index in [-0.39, 0.29) is 25.4 Å². The van der Waals surface area contributed by atoms with Gasteiger partial charge in [-0.05, 0) is 31.9 Å². The van der Waals surface area contributed by atoms with Crippen LogP contribution < -0.4 is 4.90 Å². The van der Waals surface area contributed by atoms with E-state index in [0.29, 0.717) is 6.42 Å². The van der Waals surface area contributed by atoms with Crippen molar-refractivity contribution in [1.29, 1.82) is 0 Å². The Kier molecular flexibility index (Phi) is 6.52. The van der Waals surface area contributed by atoms with Crippen LogP contribution in [0.5, 0.6) is 0 Å². The van der Waals surface area contributed by atoms with E-state index in [0.717, 1.165) is 5.69 Å². The van der Waals surface area contributed by atoms with Crippen LogP contribution in [0.15, 0.2) is 30.3 Å². The molecule has 0 heterocycles. The second kappa shape index (κ2) is 7.90. The molecule has 0 radical (unpaired) electrons. The number of hydrogen-bond acceptors (Lipinski definition) is 2. The molecule has 0 saturated heterocycles. The molecule has 0 amide bonds. The van der Waals surface area contributed by atoms with Crippen LogP contribution in [0.2, 0.25) is 0 Å². The van der Waals surface area contributed by atoms with E-state index in [9.17, 15) is 18.0 Å². The summed E-state index contributed by atoms with van der Waals surface area (Å²) >= 11 is 0. The van der Waals surface area contributed by atoms with Crippen molar-refractivity contribution in [2.24, 2.45) is 0 Å². The number of para-hydroxylation sites is 1. The highest BCUT2D eigenvalue weighted by Gasteiger charge is 2.27. The summed E-state index contributed by atoms with van der Waals surface area (Å²) in [5.74, 6) is -0.918. The van der Waals surface area contributed by atoms with Crippen LogP contribution in [0.25, 0.3) is 0 Å². The maximum Gasteiger partial charge on any atom is 0.389 e. The van der Waals surface area contributed by atoms with Gasteiger partial charge in [0.05, 0.1) is 6.42 Å². The zero-order valence-corrected chi connectivity index (χ0v) is 11.9. The fraction of sp³-hybridized carbons (Fsp3) is 0.533. The predicted molar refractivity (Wildman–Crippen MR) is 75.4 cm³/mol.